The van der Waals surface area contributed by atoms with Gasteiger partial charge < -0.3 is 14.7 Å². The lowest BCUT2D eigenvalue weighted by molar-refractivity contribution is 0.216. The van der Waals surface area contributed by atoms with Crippen LogP contribution in [0.1, 0.15) is 16.7 Å². The first-order chi connectivity index (χ1) is 12.6. The molecule has 0 unspecified atom stereocenters. The van der Waals surface area contributed by atoms with Crippen molar-refractivity contribution in [1.29, 1.82) is 0 Å². The van der Waals surface area contributed by atoms with Crippen molar-refractivity contribution in [2.45, 2.75) is 13.3 Å². The zero-order chi connectivity index (χ0) is 17.8. The van der Waals surface area contributed by atoms with Crippen molar-refractivity contribution in [3.63, 3.8) is 0 Å². The lowest BCUT2D eigenvalue weighted by Crippen LogP contribution is -2.47. The Kier molecular flexibility index (Phi) is 3.83. The fourth-order valence-corrected chi connectivity index (χ4v) is 4.81. The monoisotopic (exact) mass is 410 g/mol. The number of likely N-dealkylation sites (N-methyl/N-ethyl adjacent to an activating group) is 1. The SMILES string of the molecule is Cc1ccc2c(c1)N=C(N1CCN(C)CC1)c1cc(Br)cc3c1N2CC3. The Bertz CT molecular complexity index is 912. The van der Waals surface area contributed by atoms with Crippen molar-refractivity contribution in [2.75, 3.05) is 44.7 Å². The van der Waals surface area contributed by atoms with E-state index in [0.717, 1.165) is 55.1 Å². The number of rotatable bonds is 0. The molecule has 1 saturated heterocycles. The van der Waals surface area contributed by atoms with Crippen molar-refractivity contribution >= 4 is 38.8 Å². The highest BCUT2D eigenvalue weighted by atomic mass is 79.9. The highest BCUT2D eigenvalue weighted by Crippen LogP contribution is 2.46. The lowest BCUT2D eigenvalue weighted by Gasteiger charge is -2.35. The Morgan fingerprint density at radius 2 is 1.81 bits per heavy atom. The van der Waals surface area contributed by atoms with Crippen LogP contribution in [-0.4, -0.2) is 55.4 Å². The van der Waals surface area contributed by atoms with Crippen LogP contribution in [-0.2, 0) is 6.42 Å². The predicted molar refractivity (Wildman–Crippen MR) is 111 cm³/mol. The van der Waals surface area contributed by atoms with Crippen molar-refractivity contribution < 1.29 is 0 Å². The Morgan fingerprint density at radius 3 is 2.62 bits per heavy atom. The average Bonchev–Trinajstić information content (AvgIpc) is 2.98. The average molecular weight is 411 g/mol. The number of amidine groups is 1. The fourth-order valence-electron chi connectivity index (χ4n) is 4.31. The number of piperazine rings is 1. The summed E-state index contributed by atoms with van der Waals surface area (Å²) in [6, 6.07) is 11.2. The van der Waals surface area contributed by atoms with Gasteiger partial charge in [0.25, 0.3) is 0 Å². The second-order valence-electron chi connectivity index (χ2n) is 7.58. The van der Waals surface area contributed by atoms with Crippen LogP contribution in [0, 0.1) is 6.92 Å². The van der Waals surface area contributed by atoms with Gasteiger partial charge in [0.2, 0.25) is 0 Å². The standard InChI is InChI=1S/C21H23BrN4/c1-14-3-4-19-18(11-14)23-21(25-9-7-24(2)8-10-25)17-13-16(22)12-15-5-6-26(19)20(15)17/h3-4,11-13H,5-10H2,1-2H3. The summed E-state index contributed by atoms with van der Waals surface area (Å²) in [7, 11) is 2.20. The minimum absolute atomic E-state index is 1.03. The molecule has 5 rings (SSSR count). The molecule has 0 spiro atoms. The third-order valence-electron chi connectivity index (χ3n) is 5.72. The highest BCUT2D eigenvalue weighted by molar-refractivity contribution is 9.10. The summed E-state index contributed by atoms with van der Waals surface area (Å²) in [6.07, 6.45) is 1.09. The molecule has 0 bridgehead atoms. The Morgan fingerprint density at radius 1 is 1.00 bits per heavy atom. The predicted octanol–water partition coefficient (Wildman–Crippen LogP) is 4.09. The fraction of sp³-hybridized carbons (Fsp3) is 0.381. The number of aryl methyl sites for hydroxylation is 1. The van der Waals surface area contributed by atoms with E-state index in [4.69, 9.17) is 4.99 Å². The molecule has 3 heterocycles. The number of nitrogens with zero attached hydrogens (tertiary/aromatic N) is 4. The summed E-state index contributed by atoms with van der Waals surface area (Å²) < 4.78 is 1.15. The number of anilines is 2. The molecule has 0 radical (unpaired) electrons. The number of hydrogen-bond donors (Lipinski definition) is 0. The van der Waals surface area contributed by atoms with E-state index in [2.05, 4.69) is 74.9 Å². The quantitative estimate of drug-likeness (QED) is 0.652. The van der Waals surface area contributed by atoms with Gasteiger partial charge in [-0.2, -0.15) is 0 Å². The normalized spacial score (nSPS) is 19.1. The first kappa shape index (κ1) is 16.3. The molecule has 0 atom stereocenters. The number of hydrogen-bond acceptors (Lipinski definition) is 4. The maximum atomic E-state index is 5.22. The zero-order valence-electron chi connectivity index (χ0n) is 15.3. The van der Waals surface area contributed by atoms with Crippen molar-refractivity contribution in [3.05, 3.63) is 51.5 Å². The van der Waals surface area contributed by atoms with E-state index in [1.165, 1.54) is 28.1 Å². The summed E-state index contributed by atoms with van der Waals surface area (Å²) in [6.45, 7) is 7.39. The van der Waals surface area contributed by atoms with Gasteiger partial charge in [-0.15, -0.1) is 0 Å². The summed E-state index contributed by atoms with van der Waals surface area (Å²) in [5, 5.41) is 0. The first-order valence-electron chi connectivity index (χ1n) is 9.33. The molecular weight excluding hydrogens is 388 g/mol. The Balaban J connectivity index is 1.73. The molecule has 0 amide bonds. The molecular formula is C21H23BrN4. The number of benzene rings is 2. The molecule has 3 aliphatic heterocycles. The van der Waals surface area contributed by atoms with Crippen molar-refractivity contribution in [1.82, 2.24) is 9.80 Å². The molecule has 134 valence electrons. The summed E-state index contributed by atoms with van der Waals surface area (Å²) in [5.41, 5.74) is 7.64. The van der Waals surface area contributed by atoms with Gasteiger partial charge in [0.15, 0.2) is 0 Å². The molecule has 0 N–H and O–H groups in total. The van der Waals surface area contributed by atoms with Crippen LogP contribution in [0.15, 0.2) is 39.8 Å². The minimum atomic E-state index is 1.03. The van der Waals surface area contributed by atoms with Crippen molar-refractivity contribution in [3.8, 4) is 0 Å². The molecule has 0 aliphatic carbocycles. The summed E-state index contributed by atoms with van der Waals surface area (Å²) in [5.74, 6) is 1.13. The van der Waals surface area contributed by atoms with E-state index in [9.17, 15) is 0 Å². The van der Waals surface area contributed by atoms with Gasteiger partial charge in [-0.3, -0.25) is 0 Å². The molecule has 0 saturated carbocycles. The van der Waals surface area contributed by atoms with Gasteiger partial charge in [0.1, 0.15) is 5.84 Å². The molecule has 2 aromatic rings. The van der Waals surface area contributed by atoms with E-state index in [-0.39, 0.29) is 0 Å². The lowest BCUT2D eigenvalue weighted by atomic mass is 10.1. The van der Waals surface area contributed by atoms with E-state index in [0.29, 0.717) is 0 Å². The van der Waals surface area contributed by atoms with Crippen LogP contribution in [0.5, 0.6) is 0 Å². The minimum Gasteiger partial charge on any atom is -0.353 e. The summed E-state index contributed by atoms with van der Waals surface area (Å²) >= 11 is 3.73. The van der Waals surface area contributed by atoms with Crippen LogP contribution in [0.25, 0.3) is 0 Å². The van der Waals surface area contributed by atoms with Crippen molar-refractivity contribution in [2.24, 2.45) is 4.99 Å². The van der Waals surface area contributed by atoms with Gasteiger partial charge >= 0.3 is 0 Å². The van der Waals surface area contributed by atoms with E-state index < -0.39 is 0 Å². The molecule has 1 fully saturated rings. The van der Waals surface area contributed by atoms with E-state index in [1.54, 1.807) is 0 Å². The maximum absolute atomic E-state index is 5.22. The molecule has 4 nitrogen and oxygen atoms in total. The third kappa shape index (κ3) is 2.57. The zero-order valence-corrected chi connectivity index (χ0v) is 16.9. The molecule has 2 aromatic carbocycles. The van der Waals surface area contributed by atoms with Gasteiger partial charge in [-0.25, -0.2) is 4.99 Å². The Labute approximate surface area is 163 Å². The highest BCUT2D eigenvalue weighted by Gasteiger charge is 2.32. The second kappa shape index (κ2) is 6.10. The molecule has 3 aliphatic rings. The third-order valence-corrected chi connectivity index (χ3v) is 6.18. The van der Waals surface area contributed by atoms with E-state index in [1.807, 2.05) is 0 Å². The number of aliphatic imine (C=N–C) groups is 1. The Hall–Kier alpha value is -1.85. The smallest absolute Gasteiger partial charge is 0.138 e. The van der Waals surface area contributed by atoms with Gasteiger partial charge in [0, 0.05) is 42.8 Å². The summed E-state index contributed by atoms with van der Waals surface area (Å²) in [4.78, 5) is 12.5. The number of halogens is 1. The van der Waals surface area contributed by atoms with Gasteiger partial charge in [0.05, 0.1) is 17.1 Å². The van der Waals surface area contributed by atoms with E-state index >= 15 is 0 Å². The van der Waals surface area contributed by atoms with Crippen LogP contribution >= 0.6 is 15.9 Å². The van der Waals surface area contributed by atoms with Gasteiger partial charge in [-0.1, -0.05) is 22.0 Å². The first-order valence-corrected chi connectivity index (χ1v) is 10.1. The molecule has 5 heteroatoms. The van der Waals surface area contributed by atoms with Crippen LogP contribution in [0.2, 0.25) is 0 Å². The number of fused-ring (bicyclic) bond motifs is 2. The van der Waals surface area contributed by atoms with Gasteiger partial charge in [-0.05, 0) is 55.8 Å². The molecule has 0 aromatic heterocycles. The maximum Gasteiger partial charge on any atom is 0.138 e. The van der Waals surface area contributed by atoms with Crippen LogP contribution < -0.4 is 4.90 Å². The second-order valence-corrected chi connectivity index (χ2v) is 8.50. The largest absolute Gasteiger partial charge is 0.353 e. The van der Waals surface area contributed by atoms with Crippen LogP contribution in [0.3, 0.4) is 0 Å². The molecule has 26 heavy (non-hydrogen) atoms. The van der Waals surface area contributed by atoms with Crippen LogP contribution in [0.4, 0.5) is 17.1 Å². The topological polar surface area (TPSA) is 22.1 Å².